The first-order chi connectivity index (χ1) is 6.69. The zero-order valence-corrected chi connectivity index (χ0v) is 9.28. The molecule has 1 rings (SSSR count). The molecule has 1 aromatic heterocycles. The number of aromatic nitrogens is 2. The SMILES string of the molecule is CSc1nc(CCCN)c(C)c(=O)[nH]1. The van der Waals surface area contributed by atoms with Crippen molar-refractivity contribution in [3.05, 3.63) is 21.6 Å². The summed E-state index contributed by atoms with van der Waals surface area (Å²) in [4.78, 5) is 18.5. The highest BCUT2D eigenvalue weighted by atomic mass is 32.2. The Morgan fingerprint density at radius 2 is 2.29 bits per heavy atom. The van der Waals surface area contributed by atoms with Crippen LogP contribution < -0.4 is 11.3 Å². The maximum absolute atomic E-state index is 11.4. The highest BCUT2D eigenvalue weighted by Gasteiger charge is 2.05. The standard InChI is InChI=1S/C9H15N3OS/c1-6-7(4-3-5-10)11-9(14-2)12-8(6)13/h3-5,10H2,1-2H3,(H,11,12,13). The lowest BCUT2D eigenvalue weighted by Gasteiger charge is -2.04. The maximum Gasteiger partial charge on any atom is 0.254 e. The highest BCUT2D eigenvalue weighted by Crippen LogP contribution is 2.09. The summed E-state index contributed by atoms with van der Waals surface area (Å²) in [6, 6.07) is 0. The van der Waals surface area contributed by atoms with Crippen LogP contribution in [0.5, 0.6) is 0 Å². The molecular formula is C9H15N3OS. The van der Waals surface area contributed by atoms with Gasteiger partial charge in [0, 0.05) is 5.56 Å². The summed E-state index contributed by atoms with van der Waals surface area (Å²) >= 11 is 1.44. The number of H-pyrrole nitrogens is 1. The predicted molar refractivity (Wildman–Crippen MR) is 58.8 cm³/mol. The van der Waals surface area contributed by atoms with E-state index in [1.54, 1.807) is 6.92 Å². The van der Waals surface area contributed by atoms with Crippen molar-refractivity contribution in [3.8, 4) is 0 Å². The second-order valence-corrected chi connectivity index (χ2v) is 3.83. The van der Waals surface area contributed by atoms with Gasteiger partial charge in [0.05, 0.1) is 5.69 Å². The molecule has 4 nitrogen and oxygen atoms in total. The van der Waals surface area contributed by atoms with E-state index in [2.05, 4.69) is 9.97 Å². The van der Waals surface area contributed by atoms with Crippen LogP contribution in [0, 0.1) is 6.92 Å². The van der Waals surface area contributed by atoms with Gasteiger partial charge >= 0.3 is 0 Å². The number of hydrogen-bond donors (Lipinski definition) is 2. The Kier molecular flexibility index (Phi) is 4.16. The Balaban J connectivity index is 3.01. The molecule has 0 aromatic carbocycles. The quantitative estimate of drug-likeness (QED) is 0.570. The summed E-state index contributed by atoms with van der Waals surface area (Å²) in [7, 11) is 0. The van der Waals surface area contributed by atoms with Gasteiger partial charge in [0.1, 0.15) is 0 Å². The second kappa shape index (κ2) is 5.17. The smallest absolute Gasteiger partial charge is 0.254 e. The summed E-state index contributed by atoms with van der Waals surface area (Å²) in [6.07, 6.45) is 3.53. The zero-order chi connectivity index (χ0) is 10.6. The first-order valence-electron chi connectivity index (χ1n) is 4.53. The fourth-order valence-electron chi connectivity index (χ4n) is 1.17. The largest absolute Gasteiger partial charge is 0.330 e. The number of aryl methyl sites for hydroxylation is 1. The average molecular weight is 213 g/mol. The lowest BCUT2D eigenvalue weighted by atomic mass is 10.1. The first kappa shape index (κ1) is 11.3. The second-order valence-electron chi connectivity index (χ2n) is 3.04. The van der Waals surface area contributed by atoms with Gasteiger partial charge in [-0.15, -0.1) is 0 Å². The van der Waals surface area contributed by atoms with Crippen LogP contribution in [0.3, 0.4) is 0 Å². The highest BCUT2D eigenvalue weighted by molar-refractivity contribution is 7.98. The molecule has 0 saturated carbocycles. The van der Waals surface area contributed by atoms with Crippen molar-refractivity contribution < 1.29 is 0 Å². The molecule has 0 radical (unpaired) electrons. The van der Waals surface area contributed by atoms with Gasteiger partial charge in [-0.2, -0.15) is 0 Å². The fourth-order valence-corrected chi connectivity index (χ4v) is 1.56. The number of rotatable bonds is 4. The van der Waals surface area contributed by atoms with Crippen molar-refractivity contribution in [1.82, 2.24) is 9.97 Å². The Morgan fingerprint density at radius 1 is 1.57 bits per heavy atom. The molecular weight excluding hydrogens is 198 g/mol. The lowest BCUT2D eigenvalue weighted by molar-refractivity contribution is 0.766. The van der Waals surface area contributed by atoms with Crippen molar-refractivity contribution >= 4 is 11.8 Å². The van der Waals surface area contributed by atoms with Gasteiger partial charge in [0.15, 0.2) is 5.16 Å². The molecule has 0 aliphatic rings. The number of nitrogens with two attached hydrogens (primary N) is 1. The molecule has 0 unspecified atom stereocenters. The van der Waals surface area contributed by atoms with E-state index in [9.17, 15) is 4.79 Å². The molecule has 78 valence electrons. The monoisotopic (exact) mass is 213 g/mol. The van der Waals surface area contributed by atoms with Crippen LogP contribution in [0.25, 0.3) is 0 Å². The van der Waals surface area contributed by atoms with Crippen molar-refractivity contribution in [1.29, 1.82) is 0 Å². The summed E-state index contributed by atoms with van der Waals surface area (Å²) in [5.41, 5.74) is 6.94. The number of hydrogen-bond acceptors (Lipinski definition) is 4. The number of thioether (sulfide) groups is 1. The van der Waals surface area contributed by atoms with Gasteiger partial charge < -0.3 is 10.7 Å². The molecule has 0 fully saturated rings. The molecule has 1 heterocycles. The molecule has 0 aliphatic carbocycles. The Hall–Kier alpha value is -0.810. The minimum absolute atomic E-state index is 0.0450. The van der Waals surface area contributed by atoms with Crippen molar-refractivity contribution in [2.24, 2.45) is 5.73 Å². The molecule has 0 bridgehead atoms. The van der Waals surface area contributed by atoms with E-state index in [0.717, 1.165) is 18.5 Å². The minimum atomic E-state index is -0.0450. The van der Waals surface area contributed by atoms with E-state index in [0.29, 0.717) is 17.3 Å². The molecule has 0 amide bonds. The van der Waals surface area contributed by atoms with Crippen LogP contribution in [0.1, 0.15) is 17.7 Å². The molecule has 14 heavy (non-hydrogen) atoms. The third-order valence-corrected chi connectivity index (χ3v) is 2.62. The van der Waals surface area contributed by atoms with Gasteiger partial charge in [-0.1, -0.05) is 11.8 Å². The van der Waals surface area contributed by atoms with E-state index in [1.165, 1.54) is 11.8 Å². The van der Waals surface area contributed by atoms with Gasteiger partial charge in [-0.25, -0.2) is 4.98 Å². The molecule has 0 saturated heterocycles. The van der Waals surface area contributed by atoms with E-state index < -0.39 is 0 Å². The molecule has 0 spiro atoms. The van der Waals surface area contributed by atoms with E-state index >= 15 is 0 Å². The molecule has 0 atom stereocenters. The van der Waals surface area contributed by atoms with E-state index in [4.69, 9.17) is 5.73 Å². The maximum atomic E-state index is 11.4. The van der Waals surface area contributed by atoms with Crippen LogP contribution >= 0.6 is 11.8 Å². The fraction of sp³-hybridized carbons (Fsp3) is 0.556. The van der Waals surface area contributed by atoms with E-state index in [-0.39, 0.29) is 5.56 Å². The first-order valence-corrected chi connectivity index (χ1v) is 5.75. The van der Waals surface area contributed by atoms with Crippen LogP contribution in [0.2, 0.25) is 0 Å². The molecule has 5 heteroatoms. The third kappa shape index (κ3) is 2.59. The minimum Gasteiger partial charge on any atom is -0.330 e. The Morgan fingerprint density at radius 3 is 2.86 bits per heavy atom. The number of nitrogens with one attached hydrogen (secondary N) is 1. The van der Waals surface area contributed by atoms with Crippen LogP contribution in [0.15, 0.2) is 9.95 Å². The zero-order valence-electron chi connectivity index (χ0n) is 8.46. The summed E-state index contributed by atoms with van der Waals surface area (Å²) in [5.74, 6) is 0. The molecule has 1 aromatic rings. The predicted octanol–water partition coefficient (Wildman–Crippen LogP) is 0.692. The van der Waals surface area contributed by atoms with E-state index in [1.807, 2.05) is 6.26 Å². The van der Waals surface area contributed by atoms with Crippen LogP contribution in [-0.4, -0.2) is 22.8 Å². The van der Waals surface area contributed by atoms with Crippen LogP contribution in [-0.2, 0) is 6.42 Å². The third-order valence-electron chi connectivity index (χ3n) is 2.04. The summed E-state index contributed by atoms with van der Waals surface area (Å²) in [5, 5.41) is 0.674. The van der Waals surface area contributed by atoms with Crippen molar-refractivity contribution in [3.63, 3.8) is 0 Å². The van der Waals surface area contributed by atoms with Gasteiger partial charge in [-0.3, -0.25) is 4.79 Å². The van der Waals surface area contributed by atoms with Gasteiger partial charge in [0.25, 0.3) is 5.56 Å². The Labute approximate surface area is 87.3 Å². The van der Waals surface area contributed by atoms with Crippen molar-refractivity contribution in [2.45, 2.75) is 24.9 Å². The lowest BCUT2D eigenvalue weighted by Crippen LogP contribution is -2.16. The van der Waals surface area contributed by atoms with Gasteiger partial charge in [0.2, 0.25) is 0 Å². The summed E-state index contributed by atoms with van der Waals surface area (Å²) in [6.45, 7) is 2.42. The van der Waals surface area contributed by atoms with Crippen molar-refractivity contribution in [2.75, 3.05) is 12.8 Å². The van der Waals surface area contributed by atoms with Crippen LogP contribution in [0.4, 0.5) is 0 Å². The molecule has 0 aliphatic heterocycles. The normalized spacial score (nSPS) is 10.5. The topological polar surface area (TPSA) is 71.8 Å². The molecule has 3 N–H and O–H groups in total. The van der Waals surface area contributed by atoms with Gasteiger partial charge in [-0.05, 0) is 32.6 Å². The number of nitrogens with zero attached hydrogens (tertiary/aromatic N) is 1. The average Bonchev–Trinajstić information content (AvgIpc) is 2.20. The number of aromatic amines is 1. The summed E-state index contributed by atoms with van der Waals surface area (Å²) < 4.78 is 0. The Bertz CT molecular complexity index is 362.